The molecule has 0 unspecified atom stereocenters. The average molecular weight is 463 g/mol. The van der Waals surface area contributed by atoms with Crippen LogP contribution in [-0.4, -0.2) is 80.5 Å². The van der Waals surface area contributed by atoms with E-state index < -0.39 is 6.10 Å². The maximum atomic E-state index is 13.4. The van der Waals surface area contributed by atoms with Crippen LogP contribution in [0.15, 0.2) is 35.7 Å². The highest BCUT2D eigenvalue weighted by molar-refractivity contribution is 7.10. The minimum Gasteiger partial charge on any atom is -0.497 e. The Balaban J connectivity index is 1.72. The van der Waals surface area contributed by atoms with Crippen LogP contribution in [-0.2, 0) is 16.0 Å². The monoisotopic (exact) mass is 462 g/mol. The number of hydrogen-bond acceptors (Lipinski definition) is 7. The molecular formula is C24H34N2O5S. The summed E-state index contributed by atoms with van der Waals surface area (Å²) in [6, 6.07) is 9.46. The molecule has 2 heterocycles. The van der Waals surface area contributed by atoms with Crippen molar-refractivity contribution in [3.63, 3.8) is 0 Å². The quantitative estimate of drug-likeness (QED) is 0.523. The number of ether oxygens (including phenoxy) is 3. The first kappa shape index (κ1) is 24.5. The van der Waals surface area contributed by atoms with Gasteiger partial charge in [0, 0.05) is 37.7 Å². The van der Waals surface area contributed by atoms with Crippen LogP contribution in [0.5, 0.6) is 11.5 Å². The van der Waals surface area contributed by atoms with Crippen LogP contribution in [0.1, 0.15) is 29.8 Å². The molecule has 8 heteroatoms. The Morgan fingerprint density at radius 1 is 1.31 bits per heavy atom. The summed E-state index contributed by atoms with van der Waals surface area (Å²) in [5.74, 6) is 1.49. The first-order chi connectivity index (χ1) is 15.5. The van der Waals surface area contributed by atoms with Crippen LogP contribution in [0.25, 0.3) is 0 Å². The number of fused-ring (bicyclic) bond motifs is 1. The second-order valence-electron chi connectivity index (χ2n) is 7.93. The lowest BCUT2D eigenvalue weighted by molar-refractivity contribution is -0.136. The largest absolute Gasteiger partial charge is 0.497 e. The van der Waals surface area contributed by atoms with Gasteiger partial charge in [-0.1, -0.05) is 13.0 Å². The maximum absolute atomic E-state index is 13.4. The summed E-state index contributed by atoms with van der Waals surface area (Å²) in [5.41, 5.74) is 1.16. The molecule has 0 bridgehead atoms. The second kappa shape index (κ2) is 12.2. The van der Waals surface area contributed by atoms with Gasteiger partial charge in [-0.15, -0.1) is 11.3 Å². The number of methoxy groups -OCH3 is 2. The van der Waals surface area contributed by atoms with E-state index in [9.17, 15) is 9.90 Å². The molecule has 176 valence electrons. The molecule has 0 radical (unpaired) electrons. The zero-order valence-corrected chi connectivity index (χ0v) is 20.0. The molecule has 1 aromatic carbocycles. The molecule has 0 spiro atoms. The third kappa shape index (κ3) is 6.45. The molecule has 32 heavy (non-hydrogen) atoms. The SMILES string of the molecule is CC[C@@H](O)CN(CCOC)CC(=O)N1CCc2sccc2[C@@H]1COc1cccc(OC)c1. The molecule has 1 aliphatic heterocycles. The van der Waals surface area contributed by atoms with E-state index in [2.05, 4.69) is 11.4 Å². The van der Waals surface area contributed by atoms with Gasteiger partial charge in [0.2, 0.25) is 5.91 Å². The van der Waals surface area contributed by atoms with E-state index in [0.717, 1.165) is 17.7 Å². The maximum Gasteiger partial charge on any atom is 0.237 e. The molecule has 1 N–H and O–H groups in total. The zero-order chi connectivity index (χ0) is 22.9. The van der Waals surface area contributed by atoms with Crippen LogP contribution in [0, 0.1) is 0 Å². The van der Waals surface area contributed by atoms with Crippen LogP contribution in [0.4, 0.5) is 0 Å². The van der Waals surface area contributed by atoms with Gasteiger partial charge in [-0.05, 0) is 42.0 Å². The molecule has 1 aromatic heterocycles. The Morgan fingerprint density at radius 2 is 2.12 bits per heavy atom. The zero-order valence-electron chi connectivity index (χ0n) is 19.2. The van der Waals surface area contributed by atoms with Crippen molar-refractivity contribution in [1.82, 2.24) is 9.80 Å². The lowest BCUT2D eigenvalue weighted by Gasteiger charge is -2.37. The van der Waals surface area contributed by atoms with Crippen LogP contribution in [0.3, 0.4) is 0 Å². The van der Waals surface area contributed by atoms with Gasteiger partial charge in [0.05, 0.1) is 32.4 Å². The van der Waals surface area contributed by atoms with E-state index in [0.29, 0.717) is 45.0 Å². The number of amides is 1. The molecule has 2 atom stereocenters. The second-order valence-corrected chi connectivity index (χ2v) is 8.93. The molecule has 1 aliphatic rings. The number of rotatable bonds is 12. The molecule has 2 aromatic rings. The van der Waals surface area contributed by atoms with Crippen molar-refractivity contribution in [3.05, 3.63) is 46.2 Å². The normalized spacial score (nSPS) is 16.7. The molecule has 3 rings (SSSR count). The number of carbonyl (C=O) groups excluding carboxylic acids is 1. The first-order valence-electron chi connectivity index (χ1n) is 11.1. The van der Waals surface area contributed by atoms with E-state index in [4.69, 9.17) is 14.2 Å². The molecule has 0 aliphatic carbocycles. The number of nitrogens with zero attached hydrogens (tertiary/aromatic N) is 2. The van der Waals surface area contributed by atoms with Crippen molar-refractivity contribution < 1.29 is 24.1 Å². The highest BCUT2D eigenvalue weighted by atomic mass is 32.1. The highest BCUT2D eigenvalue weighted by Crippen LogP contribution is 2.34. The predicted molar refractivity (Wildman–Crippen MR) is 126 cm³/mol. The lowest BCUT2D eigenvalue weighted by Crippen LogP contribution is -2.48. The van der Waals surface area contributed by atoms with Crippen LogP contribution < -0.4 is 9.47 Å². The molecular weight excluding hydrogens is 428 g/mol. The summed E-state index contributed by atoms with van der Waals surface area (Å²) in [7, 11) is 3.27. The Labute approximate surface area is 194 Å². The molecule has 0 saturated carbocycles. The van der Waals surface area contributed by atoms with Crippen LogP contribution >= 0.6 is 11.3 Å². The first-order valence-corrected chi connectivity index (χ1v) is 12.0. The topological polar surface area (TPSA) is 71.5 Å². The predicted octanol–water partition coefficient (Wildman–Crippen LogP) is 2.98. The van der Waals surface area contributed by atoms with Crippen molar-refractivity contribution >= 4 is 17.2 Å². The van der Waals surface area contributed by atoms with Gasteiger partial charge in [0.15, 0.2) is 0 Å². The Hall–Kier alpha value is -2.13. The molecule has 0 saturated heterocycles. The van der Waals surface area contributed by atoms with Crippen molar-refractivity contribution in [2.75, 3.05) is 53.6 Å². The number of carbonyl (C=O) groups is 1. The van der Waals surface area contributed by atoms with Gasteiger partial charge in [-0.3, -0.25) is 9.69 Å². The van der Waals surface area contributed by atoms with Crippen molar-refractivity contribution in [2.45, 2.75) is 31.9 Å². The fourth-order valence-electron chi connectivity index (χ4n) is 3.91. The Kier molecular flexibility index (Phi) is 9.35. The van der Waals surface area contributed by atoms with E-state index >= 15 is 0 Å². The number of benzene rings is 1. The van der Waals surface area contributed by atoms with Gasteiger partial charge < -0.3 is 24.2 Å². The Morgan fingerprint density at radius 3 is 2.88 bits per heavy atom. The fraction of sp³-hybridized carbons (Fsp3) is 0.542. The third-order valence-corrected chi connectivity index (χ3v) is 6.77. The number of aliphatic hydroxyl groups is 1. The summed E-state index contributed by atoms with van der Waals surface area (Å²) in [6.07, 6.45) is 1.04. The van der Waals surface area contributed by atoms with Crippen molar-refractivity contribution in [2.24, 2.45) is 0 Å². The van der Waals surface area contributed by atoms with Crippen LogP contribution in [0.2, 0.25) is 0 Å². The third-order valence-electron chi connectivity index (χ3n) is 5.77. The highest BCUT2D eigenvalue weighted by Gasteiger charge is 2.33. The lowest BCUT2D eigenvalue weighted by atomic mass is 10.0. The van der Waals surface area contributed by atoms with Gasteiger partial charge in [0.1, 0.15) is 18.1 Å². The smallest absolute Gasteiger partial charge is 0.237 e. The van der Waals surface area contributed by atoms with Crippen molar-refractivity contribution in [3.8, 4) is 11.5 Å². The molecule has 7 nitrogen and oxygen atoms in total. The van der Waals surface area contributed by atoms with E-state index in [1.165, 1.54) is 4.88 Å². The standard InChI is InChI=1S/C24H34N2O5S/c1-4-18(27)15-25(11-12-29-2)16-24(28)26-10-8-23-21(9-13-32-23)22(26)17-31-20-7-5-6-19(14-20)30-3/h5-7,9,13-14,18,22,27H,4,8,10-12,15-17H2,1-3H3/t18-,22+/m1/s1. The van der Waals surface area contributed by atoms with Gasteiger partial charge >= 0.3 is 0 Å². The number of thiophene rings is 1. The average Bonchev–Trinajstić information content (AvgIpc) is 3.30. The van der Waals surface area contributed by atoms with Crippen molar-refractivity contribution in [1.29, 1.82) is 0 Å². The molecule has 0 fully saturated rings. The number of aliphatic hydroxyl groups excluding tert-OH is 1. The summed E-state index contributed by atoms with van der Waals surface area (Å²) in [6.45, 7) is 4.78. The molecule has 1 amide bonds. The van der Waals surface area contributed by atoms with Gasteiger partial charge in [-0.25, -0.2) is 0 Å². The fourth-order valence-corrected chi connectivity index (χ4v) is 4.83. The van der Waals surface area contributed by atoms with Gasteiger partial charge in [-0.2, -0.15) is 0 Å². The van der Waals surface area contributed by atoms with E-state index in [1.807, 2.05) is 41.0 Å². The van der Waals surface area contributed by atoms with Gasteiger partial charge in [0.25, 0.3) is 0 Å². The van der Waals surface area contributed by atoms with E-state index in [1.54, 1.807) is 25.6 Å². The van der Waals surface area contributed by atoms with E-state index in [-0.39, 0.29) is 18.5 Å². The minimum atomic E-state index is -0.461. The Bertz CT molecular complexity index is 858. The summed E-state index contributed by atoms with van der Waals surface area (Å²) in [5, 5.41) is 12.2. The number of hydrogen-bond donors (Lipinski definition) is 1. The summed E-state index contributed by atoms with van der Waals surface area (Å²) in [4.78, 5) is 18.6. The summed E-state index contributed by atoms with van der Waals surface area (Å²) >= 11 is 1.73. The minimum absolute atomic E-state index is 0.0421. The summed E-state index contributed by atoms with van der Waals surface area (Å²) < 4.78 is 16.6.